The van der Waals surface area contributed by atoms with Gasteiger partial charge in [-0.15, -0.1) is 0 Å². The van der Waals surface area contributed by atoms with Crippen molar-refractivity contribution in [1.82, 2.24) is 9.80 Å². The summed E-state index contributed by atoms with van der Waals surface area (Å²) in [5.41, 5.74) is 0.584. The Morgan fingerprint density at radius 3 is 2.61 bits per heavy atom. The van der Waals surface area contributed by atoms with Crippen LogP contribution in [0.4, 0.5) is 0 Å². The third kappa shape index (κ3) is 2.52. The average molecular weight is 316 g/mol. The molecule has 1 aromatic carbocycles. The molecule has 2 amide bonds. The molecule has 0 spiro atoms. The minimum atomic E-state index is -0.533. The fourth-order valence-electron chi connectivity index (χ4n) is 3.48. The van der Waals surface area contributed by atoms with Gasteiger partial charge in [0.15, 0.2) is 6.29 Å². The molecular weight excluding hydrogens is 296 g/mol. The Labute approximate surface area is 134 Å². The van der Waals surface area contributed by atoms with Gasteiger partial charge in [-0.05, 0) is 25.0 Å². The Kier molecular flexibility index (Phi) is 3.58. The third-order valence-electron chi connectivity index (χ3n) is 4.81. The molecule has 0 aromatic heterocycles. The summed E-state index contributed by atoms with van der Waals surface area (Å²) in [4.78, 5) is 29.2. The van der Waals surface area contributed by atoms with Gasteiger partial charge in [0, 0.05) is 25.3 Å². The summed E-state index contributed by atoms with van der Waals surface area (Å²) in [6.45, 7) is 0.822. The maximum Gasteiger partial charge on any atom is 0.254 e. The largest absolute Gasteiger partial charge is 0.354 e. The number of benzene rings is 1. The molecule has 0 bridgehead atoms. The van der Waals surface area contributed by atoms with Crippen LogP contribution in [0.5, 0.6) is 0 Å². The summed E-state index contributed by atoms with van der Waals surface area (Å²) in [5.74, 6) is -0.131. The number of fused-ring (bicyclic) bond motifs is 1. The van der Waals surface area contributed by atoms with E-state index in [0.717, 1.165) is 12.8 Å². The highest BCUT2D eigenvalue weighted by Gasteiger charge is 2.53. The van der Waals surface area contributed by atoms with Crippen molar-refractivity contribution in [2.75, 3.05) is 20.2 Å². The number of morpholine rings is 1. The van der Waals surface area contributed by atoms with Gasteiger partial charge in [0.25, 0.3) is 5.91 Å². The molecule has 0 unspecified atom stereocenters. The van der Waals surface area contributed by atoms with Crippen LogP contribution in [0.2, 0.25) is 0 Å². The molecule has 0 radical (unpaired) electrons. The molecular formula is C17H20N2O4. The van der Waals surface area contributed by atoms with Gasteiger partial charge < -0.3 is 19.3 Å². The molecule has 6 heteroatoms. The molecule has 2 saturated heterocycles. The van der Waals surface area contributed by atoms with Crippen LogP contribution < -0.4 is 0 Å². The Morgan fingerprint density at radius 1 is 1.22 bits per heavy atom. The van der Waals surface area contributed by atoms with Gasteiger partial charge in [-0.3, -0.25) is 9.59 Å². The number of carbonyl (C=O) groups is 2. The van der Waals surface area contributed by atoms with Crippen molar-refractivity contribution in [3.8, 4) is 0 Å². The van der Waals surface area contributed by atoms with Gasteiger partial charge in [0.2, 0.25) is 5.91 Å². The summed E-state index contributed by atoms with van der Waals surface area (Å²) in [6.07, 6.45) is 1.29. The van der Waals surface area contributed by atoms with Crippen molar-refractivity contribution in [3.05, 3.63) is 35.9 Å². The van der Waals surface area contributed by atoms with Crippen LogP contribution in [0, 0.1) is 0 Å². The highest BCUT2D eigenvalue weighted by Crippen LogP contribution is 2.35. The summed E-state index contributed by atoms with van der Waals surface area (Å²) in [6, 6.07) is 8.85. The number of methoxy groups -OCH3 is 1. The second kappa shape index (κ2) is 5.62. The molecule has 2 heterocycles. The molecule has 3 aliphatic rings. The molecule has 1 saturated carbocycles. The first kappa shape index (κ1) is 14.7. The van der Waals surface area contributed by atoms with Crippen LogP contribution in [0.1, 0.15) is 23.2 Å². The number of nitrogens with zero attached hydrogens (tertiary/aromatic N) is 2. The Hall–Kier alpha value is -1.92. The average Bonchev–Trinajstić information content (AvgIpc) is 3.38. The van der Waals surface area contributed by atoms with E-state index in [1.807, 2.05) is 23.1 Å². The number of likely N-dealkylation sites (tertiary alicyclic amines) is 1. The van der Waals surface area contributed by atoms with Crippen molar-refractivity contribution >= 4 is 11.8 Å². The Bertz CT molecular complexity index is 616. The van der Waals surface area contributed by atoms with E-state index in [0.29, 0.717) is 18.2 Å². The molecule has 3 fully saturated rings. The number of ether oxygens (including phenoxy) is 2. The molecule has 6 nitrogen and oxygen atoms in total. The smallest absolute Gasteiger partial charge is 0.254 e. The monoisotopic (exact) mass is 316 g/mol. The van der Waals surface area contributed by atoms with E-state index in [1.54, 1.807) is 24.1 Å². The van der Waals surface area contributed by atoms with E-state index in [2.05, 4.69) is 0 Å². The second-order valence-electron chi connectivity index (χ2n) is 6.33. The molecule has 122 valence electrons. The van der Waals surface area contributed by atoms with E-state index in [4.69, 9.17) is 9.47 Å². The van der Waals surface area contributed by atoms with Crippen LogP contribution in [-0.4, -0.2) is 66.3 Å². The van der Waals surface area contributed by atoms with Crippen LogP contribution in [0.25, 0.3) is 0 Å². The lowest BCUT2D eigenvalue weighted by Crippen LogP contribution is -2.58. The molecule has 1 aromatic rings. The fraction of sp³-hybridized carbons (Fsp3) is 0.529. The predicted octanol–water partition coefficient (Wildman–Crippen LogP) is 0.873. The number of carbonyl (C=O) groups excluding carboxylic acids is 2. The summed E-state index contributed by atoms with van der Waals surface area (Å²) < 4.78 is 11.2. The zero-order chi connectivity index (χ0) is 16.0. The Morgan fingerprint density at radius 2 is 1.96 bits per heavy atom. The number of hydrogen-bond donors (Lipinski definition) is 0. The molecule has 4 rings (SSSR count). The topological polar surface area (TPSA) is 59.1 Å². The van der Waals surface area contributed by atoms with E-state index in [1.165, 1.54) is 0 Å². The normalized spacial score (nSPS) is 30.5. The van der Waals surface area contributed by atoms with E-state index in [-0.39, 0.29) is 24.5 Å². The SMILES string of the molecule is CO[C@H]1CN(C(=O)c2ccccc2)[C@@H]2C(=O)N(C3CC3)C[C@@H]2O1. The zero-order valence-corrected chi connectivity index (χ0v) is 13.1. The van der Waals surface area contributed by atoms with Crippen molar-refractivity contribution in [2.45, 2.75) is 37.3 Å². The van der Waals surface area contributed by atoms with Crippen LogP contribution in [0.15, 0.2) is 30.3 Å². The van der Waals surface area contributed by atoms with Crippen molar-refractivity contribution in [3.63, 3.8) is 0 Å². The predicted molar refractivity (Wildman–Crippen MR) is 81.7 cm³/mol. The number of hydrogen-bond acceptors (Lipinski definition) is 4. The number of amides is 2. The number of rotatable bonds is 3. The maximum atomic E-state index is 12.9. The maximum absolute atomic E-state index is 12.9. The zero-order valence-electron chi connectivity index (χ0n) is 13.1. The summed E-state index contributed by atoms with van der Waals surface area (Å²) >= 11 is 0. The lowest BCUT2D eigenvalue weighted by Gasteiger charge is -2.39. The molecule has 0 N–H and O–H groups in total. The molecule has 23 heavy (non-hydrogen) atoms. The van der Waals surface area contributed by atoms with Crippen LogP contribution >= 0.6 is 0 Å². The van der Waals surface area contributed by atoms with Gasteiger partial charge in [-0.25, -0.2) is 0 Å². The molecule has 3 atom stereocenters. The van der Waals surface area contributed by atoms with Crippen molar-refractivity contribution in [2.24, 2.45) is 0 Å². The standard InChI is InChI=1S/C17H20N2O4/c1-22-14-10-19(16(20)11-5-3-2-4-6-11)15-13(23-14)9-18(17(15)21)12-7-8-12/h2-6,12-15H,7-10H2,1H3/t13-,14+,15-/m0/s1. The van der Waals surface area contributed by atoms with Gasteiger partial charge in [-0.1, -0.05) is 18.2 Å². The van der Waals surface area contributed by atoms with Crippen molar-refractivity contribution < 1.29 is 19.1 Å². The highest BCUT2D eigenvalue weighted by molar-refractivity contribution is 5.98. The van der Waals surface area contributed by atoms with Gasteiger partial charge >= 0.3 is 0 Å². The second-order valence-corrected chi connectivity index (χ2v) is 6.33. The first-order valence-electron chi connectivity index (χ1n) is 8.04. The third-order valence-corrected chi connectivity index (χ3v) is 4.81. The minimum absolute atomic E-state index is 0.0105. The highest BCUT2D eigenvalue weighted by atomic mass is 16.7. The van der Waals surface area contributed by atoms with E-state index >= 15 is 0 Å². The van der Waals surface area contributed by atoms with E-state index in [9.17, 15) is 9.59 Å². The lowest BCUT2D eigenvalue weighted by atomic mass is 10.1. The first-order chi connectivity index (χ1) is 11.2. The van der Waals surface area contributed by atoms with Crippen LogP contribution in [0.3, 0.4) is 0 Å². The Balaban J connectivity index is 1.63. The fourth-order valence-corrected chi connectivity index (χ4v) is 3.48. The quantitative estimate of drug-likeness (QED) is 0.830. The minimum Gasteiger partial charge on any atom is -0.354 e. The lowest BCUT2D eigenvalue weighted by molar-refractivity contribution is -0.198. The van der Waals surface area contributed by atoms with Gasteiger partial charge in [-0.2, -0.15) is 0 Å². The summed E-state index contributed by atoms with van der Waals surface area (Å²) in [7, 11) is 1.56. The van der Waals surface area contributed by atoms with Crippen LogP contribution in [-0.2, 0) is 14.3 Å². The molecule has 1 aliphatic carbocycles. The summed E-state index contributed by atoms with van der Waals surface area (Å²) in [5, 5.41) is 0. The molecule has 2 aliphatic heterocycles. The van der Waals surface area contributed by atoms with Crippen molar-refractivity contribution in [1.29, 1.82) is 0 Å². The van der Waals surface area contributed by atoms with Gasteiger partial charge in [0.05, 0.1) is 6.54 Å². The van der Waals surface area contributed by atoms with Gasteiger partial charge in [0.1, 0.15) is 12.1 Å². The van der Waals surface area contributed by atoms with E-state index < -0.39 is 12.3 Å². The first-order valence-corrected chi connectivity index (χ1v) is 8.04.